The number of aryl methyl sites for hydroxylation is 1. The van der Waals surface area contributed by atoms with Crippen LogP contribution in [0.3, 0.4) is 0 Å². The largest absolute Gasteiger partial charge is 0.469 e. The van der Waals surface area contributed by atoms with E-state index in [1.807, 2.05) is 18.2 Å². The second-order valence-corrected chi connectivity index (χ2v) is 7.07. The van der Waals surface area contributed by atoms with Crippen LogP contribution < -0.4 is 5.32 Å². The topological polar surface area (TPSA) is 29.8 Å². The van der Waals surface area contributed by atoms with Gasteiger partial charge in [-0.1, -0.05) is 53.6 Å². The molecule has 2 N–H and O–H groups in total. The van der Waals surface area contributed by atoms with E-state index in [1.165, 1.54) is 16.7 Å². The van der Waals surface area contributed by atoms with Crippen LogP contribution >= 0.6 is 11.6 Å². The van der Waals surface area contributed by atoms with Crippen molar-refractivity contribution in [1.29, 1.82) is 0 Å². The first-order valence-electron chi connectivity index (χ1n) is 8.82. The Balaban J connectivity index is 1.65. The van der Waals surface area contributed by atoms with E-state index >= 15 is 0 Å². The van der Waals surface area contributed by atoms with Gasteiger partial charge in [0, 0.05) is 22.9 Å². The average molecular weight is 355 g/mol. The SMILES string of the molecule is Cc1ccc([C@H](CC[NH2+][C@H](C)c2ccc(Cl)cc2)c2ccco2)cc1. The van der Waals surface area contributed by atoms with E-state index in [0.717, 1.165) is 23.7 Å². The Kier molecular flexibility index (Phi) is 5.95. The lowest BCUT2D eigenvalue weighted by Crippen LogP contribution is -2.84. The van der Waals surface area contributed by atoms with Gasteiger partial charge in [0.2, 0.25) is 0 Å². The Hall–Kier alpha value is -2.03. The molecule has 0 aliphatic heterocycles. The maximum absolute atomic E-state index is 5.98. The molecule has 1 heterocycles. The van der Waals surface area contributed by atoms with Crippen molar-refractivity contribution < 1.29 is 9.73 Å². The molecule has 0 amide bonds. The first-order valence-corrected chi connectivity index (χ1v) is 9.20. The molecular formula is C22H25ClNO+. The summed E-state index contributed by atoms with van der Waals surface area (Å²) in [6.45, 7) is 5.38. The summed E-state index contributed by atoms with van der Waals surface area (Å²) in [5.41, 5.74) is 3.90. The minimum absolute atomic E-state index is 0.296. The third kappa shape index (κ3) is 4.75. The van der Waals surface area contributed by atoms with Crippen molar-refractivity contribution in [3.05, 3.63) is 94.4 Å². The smallest absolute Gasteiger partial charge is 0.111 e. The van der Waals surface area contributed by atoms with Crippen molar-refractivity contribution in [2.75, 3.05) is 6.54 Å². The fraction of sp³-hybridized carbons (Fsp3) is 0.273. The van der Waals surface area contributed by atoms with Gasteiger partial charge in [0.25, 0.3) is 0 Å². The van der Waals surface area contributed by atoms with E-state index in [9.17, 15) is 0 Å². The molecule has 2 aromatic carbocycles. The lowest BCUT2D eigenvalue weighted by atomic mass is 9.92. The molecule has 0 spiro atoms. The zero-order chi connectivity index (χ0) is 17.6. The molecule has 0 aliphatic rings. The highest BCUT2D eigenvalue weighted by molar-refractivity contribution is 6.30. The van der Waals surface area contributed by atoms with E-state index in [2.05, 4.69) is 61.6 Å². The van der Waals surface area contributed by atoms with Crippen molar-refractivity contribution in [2.24, 2.45) is 0 Å². The molecular weight excluding hydrogens is 330 g/mol. The van der Waals surface area contributed by atoms with Crippen LogP contribution in [0.1, 0.15) is 47.8 Å². The molecule has 3 rings (SSSR count). The minimum atomic E-state index is 0.296. The van der Waals surface area contributed by atoms with Gasteiger partial charge in [-0.15, -0.1) is 0 Å². The predicted molar refractivity (Wildman–Crippen MR) is 103 cm³/mol. The van der Waals surface area contributed by atoms with Gasteiger partial charge >= 0.3 is 0 Å². The van der Waals surface area contributed by atoms with Gasteiger partial charge in [-0.05, 0) is 43.7 Å². The van der Waals surface area contributed by atoms with Crippen LogP contribution in [-0.2, 0) is 0 Å². The summed E-state index contributed by atoms with van der Waals surface area (Å²) in [6.07, 6.45) is 2.80. The van der Waals surface area contributed by atoms with Crippen LogP contribution in [0, 0.1) is 6.92 Å². The van der Waals surface area contributed by atoms with Gasteiger partial charge in [-0.25, -0.2) is 0 Å². The monoisotopic (exact) mass is 354 g/mol. The van der Waals surface area contributed by atoms with Gasteiger partial charge in [0.1, 0.15) is 11.8 Å². The molecule has 1 aromatic heterocycles. The van der Waals surface area contributed by atoms with E-state index < -0.39 is 0 Å². The average Bonchev–Trinajstić information content (AvgIpc) is 3.14. The second-order valence-electron chi connectivity index (χ2n) is 6.63. The molecule has 2 atom stereocenters. The Morgan fingerprint density at radius 1 is 0.960 bits per heavy atom. The maximum Gasteiger partial charge on any atom is 0.111 e. The second kappa shape index (κ2) is 8.37. The Bertz CT molecular complexity index is 763. The number of quaternary nitrogens is 1. The number of nitrogens with two attached hydrogens (primary N) is 1. The number of hydrogen-bond donors (Lipinski definition) is 1. The van der Waals surface area contributed by atoms with Crippen LogP contribution in [0.15, 0.2) is 71.3 Å². The molecule has 25 heavy (non-hydrogen) atoms. The molecule has 3 heteroatoms. The summed E-state index contributed by atoms with van der Waals surface area (Å²) < 4.78 is 5.71. The molecule has 0 unspecified atom stereocenters. The summed E-state index contributed by atoms with van der Waals surface area (Å²) in [5, 5.41) is 3.17. The Morgan fingerprint density at radius 3 is 2.28 bits per heavy atom. The molecule has 3 aromatic rings. The zero-order valence-corrected chi connectivity index (χ0v) is 15.5. The van der Waals surface area contributed by atoms with E-state index in [0.29, 0.717) is 12.0 Å². The summed E-state index contributed by atoms with van der Waals surface area (Å²) in [4.78, 5) is 0. The van der Waals surface area contributed by atoms with Crippen LogP contribution in [0.2, 0.25) is 5.02 Å². The lowest BCUT2D eigenvalue weighted by Gasteiger charge is -2.17. The number of benzene rings is 2. The van der Waals surface area contributed by atoms with Crippen molar-refractivity contribution in [3.63, 3.8) is 0 Å². The maximum atomic E-state index is 5.98. The highest BCUT2D eigenvalue weighted by Crippen LogP contribution is 2.28. The van der Waals surface area contributed by atoms with E-state index in [4.69, 9.17) is 16.0 Å². The van der Waals surface area contributed by atoms with E-state index in [-0.39, 0.29) is 0 Å². The molecule has 0 fully saturated rings. The Morgan fingerprint density at radius 2 is 1.64 bits per heavy atom. The standard InChI is InChI=1S/C22H24ClNO/c1-16-5-7-19(8-6-16)21(22-4-3-15-25-22)13-14-24-17(2)18-9-11-20(23)12-10-18/h3-12,15,17,21,24H,13-14H2,1-2H3/p+1/t17-,21+/m1/s1. The fourth-order valence-corrected chi connectivity index (χ4v) is 3.30. The molecule has 0 radical (unpaired) electrons. The van der Waals surface area contributed by atoms with Gasteiger partial charge < -0.3 is 9.73 Å². The quantitative estimate of drug-likeness (QED) is 0.629. The first-order chi connectivity index (χ1) is 12.1. The van der Waals surface area contributed by atoms with Crippen molar-refractivity contribution >= 4 is 11.6 Å². The number of halogens is 1. The normalized spacial score (nSPS) is 13.6. The molecule has 0 saturated carbocycles. The number of furan rings is 1. The number of rotatable bonds is 7. The van der Waals surface area contributed by atoms with Crippen molar-refractivity contribution in [2.45, 2.75) is 32.2 Å². The minimum Gasteiger partial charge on any atom is -0.469 e. The van der Waals surface area contributed by atoms with Crippen LogP contribution in [0.4, 0.5) is 0 Å². The van der Waals surface area contributed by atoms with Gasteiger partial charge in [0.15, 0.2) is 0 Å². The summed E-state index contributed by atoms with van der Waals surface area (Å²) >= 11 is 5.98. The van der Waals surface area contributed by atoms with Gasteiger partial charge in [0.05, 0.1) is 12.8 Å². The third-order valence-electron chi connectivity index (χ3n) is 4.74. The van der Waals surface area contributed by atoms with Crippen LogP contribution in [0.5, 0.6) is 0 Å². The number of hydrogen-bond acceptors (Lipinski definition) is 1. The fourth-order valence-electron chi connectivity index (χ4n) is 3.18. The predicted octanol–water partition coefficient (Wildman–Crippen LogP) is 5.09. The summed E-state index contributed by atoms with van der Waals surface area (Å²) in [5.74, 6) is 1.33. The highest BCUT2D eigenvalue weighted by Gasteiger charge is 2.18. The van der Waals surface area contributed by atoms with Gasteiger partial charge in [-0.2, -0.15) is 0 Å². The molecule has 130 valence electrons. The molecule has 0 aliphatic carbocycles. The van der Waals surface area contributed by atoms with Crippen molar-refractivity contribution in [3.8, 4) is 0 Å². The lowest BCUT2D eigenvalue weighted by molar-refractivity contribution is -0.693. The molecule has 0 saturated heterocycles. The van der Waals surface area contributed by atoms with Crippen molar-refractivity contribution in [1.82, 2.24) is 0 Å². The van der Waals surface area contributed by atoms with Crippen LogP contribution in [0.25, 0.3) is 0 Å². The van der Waals surface area contributed by atoms with Gasteiger partial charge in [-0.3, -0.25) is 0 Å². The van der Waals surface area contributed by atoms with Crippen LogP contribution in [-0.4, -0.2) is 6.54 Å². The molecule has 2 nitrogen and oxygen atoms in total. The Labute approximate surface area is 154 Å². The third-order valence-corrected chi connectivity index (χ3v) is 4.99. The highest BCUT2D eigenvalue weighted by atomic mass is 35.5. The zero-order valence-electron chi connectivity index (χ0n) is 14.8. The first kappa shape index (κ1) is 17.8. The molecule has 0 bridgehead atoms. The van der Waals surface area contributed by atoms with E-state index in [1.54, 1.807) is 6.26 Å². The summed E-state index contributed by atoms with van der Waals surface area (Å²) in [6, 6.07) is 21.4. The summed E-state index contributed by atoms with van der Waals surface area (Å²) in [7, 11) is 0.